The van der Waals surface area contributed by atoms with Gasteiger partial charge in [-0.2, -0.15) is 0 Å². The van der Waals surface area contributed by atoms with Crippen molar-refractivity contribution < 1.29 is 14.0 Å². The van der Waals surface area contributed by atoms with Crippen LogP contribution >= 0.6 is 22.9 Å². The topological polar surface area (TPSA) is 71.1 Å². The van der Waals surface area contributed by atoms with Gasteiger partial charge in [0.2, 0.25) is 11.8 Å². The minimum Gasteiger partial charge on any atom is -0.326 e. The number of fused-ring (bicyclic) bond motifs is 1. The van der Waals surface area contributed by atoms with Crippen LogP contribution in [0.15, 0.2) is 41.8 Å². The minimum absolute atomic E-state index is 0.0276. The molecule has 136 valence electrons. The molecule has 0 unspecified atom stereocenters. The second-order valence-electron chi connectivity index (χ2n) is 6.06. The zero-order valence-corrected chi connectivity index (χ0v) is 15.5. The molecule has 0 saturated heterocycles. The molecule has 2 heterocycles. The van der Waals surface area contributed by atoms with Crippen molar-refractivity contribution in [2.75, 3.05) is 10.6 Å². The van der Waals surface area contributed by atoms with E-state index in [4.69, 9.17) is 11.6 Å². The fraction of sp³-hybridized carbons (Fsp3) is 0.105. The molecule has 0 radical (unpaired) electrons. The molecule has 0 atom stereocenters. The first-order valence-corrected chi connectivity index (χ1v) is 9.37. The van der Waals surface area contributed by atoms with E-state index in [0.29, 0.717) is 17.2 Å². The summed E-state index contributed by atoms with van der Waals surface area (Å²) in [5.74, 6) is -0.939. The van der Waals surface area contributed by atoms with E-state index in [1.165, 1.54) is 23.5 Å². The van der Waals surface area contributed by atoms with Gasteiger partial charge in [-0.1, -0.05) is 23.7 Å². The summed E-state index contributed by atoms with van der Waals surface area (Å²) in [4.78, 5) is 28.1. The van der Waals surface area contributed by atoms with E-state index in [0.717, 1.165) is 16.8 Å². The van der Waals surface area contributed by atoms with Crippen molar-refractivity contribution >= 4 is 45.6 Å². The van der Waals surface area contributed by atoms with Crippen LogP contribution in [0.5, 0.6) is 0 Å². The highest BCUT2D eigenvalue weighted by Gasteiger charge is 2.19. The second-order valence-corrected chi connectivity index (χ2v) is 7.33. The van der Waals surface area contributed by atoms with Crippen molar-refractivity contribution in [2.24, 2.45) is 0 Å². The van der Waals surface area contributed by atoms with Crippen LogP contribution in [0.2, 0.25) is 5.02 Å². The molecule has 0 aliphatic carbocycles. The van der Waals surface area contributed by atoms with Crippen LogP contribution in [0.25, 0.3) is 11.3 Å². The first kappa shape index (κ1) is 17.6. The van der Waals surface area contributed by atoms with E-state index < -0.39 is 11.7 Å². The summed E-state index contributed by atoms with van der Waals surface area (Å²) >= 11 is 7.23. The lowest BCUT2D eigenvalue weighted by Crippen LogP contribution is -2.15. The second kappa shape index (κ2) is 7.09. The molecular weight excluding hydrogens is 389 g/mol. The molecule has 5 nitrogen and oxygen atoms in total. The normalized spacial score (nSPS) is 12.6. The Kier molecular flexibility index (Phi) is 4.63. The van der Waals surface area contributed by atoms with Gasteiger partial charge in [-0.3, -0.25) is 9.59 Å². The van der Waals surface area contributed by atoms with Crippen LogP contribution in [0, 0.1) is 5.82 Å². The van der Waals surface area contributed by atoms with Crippen LogP contribution in [0.1, 0.15) is 11.1 Å². The smallest absolute Gasteiger partial charge is 0.230 e. The van der Waals surface area contributed by atoms with Gasteiger partial charge >= 0.3 is 0 Å². The summed E-state index contributed by atoms with van der Waals surface area (Å²) in [6.45, 7) is 0. The number of nitrogens with one attached hydrogen (secondary N) is 2. The third-order valence-electron chi connectivity index (χ3n) is 4.18. The molecule has 1 aliphatic rings. The molecule has 0 fully saturated rings. The van der Waals surface area contributed by atoms with Crippen molar-refractivity contribution in [3.05, 3.63) is 63.7 Å². The van der Waals surface area contributed by atoms with Gasteiger partial charge in [-0.05, 0) is 29.8 Å². The van der Waals surface area contributed by atoms with Crippen LogP contribution in [-0.2, 0) is 22.4 Å². The molecule has 1 aromatic heterocycles. The lowest BCUT2D eigenvalue weighted by Gasteiger charge is -2.05. The first-order valence-electron chi connectivity index (χ1n) is 8.11. The van der Waals surface area contributed by atoms with E-state index >= 15 is 0 Å². The van der Waals surface area contributed by atoms with E-state index in [1.54, 1.807) is 6.07 Å². The van der Waals surface area contributed by atoms with Gasteiger partial charge < -0.3 is 10.6 Å². The maximum atomic E-state index is 13.8. The molecule has 2 N–H and O–H groups in total. The average Bonchev–Trinajstić information content (AvgIpc) is 3.23. The summed E-state index contributed by atoms with van der Waals surface area (Å²) in [5, 5.41) is 7.90. The number of nitrogens with zero attached hydrogens (tertiary/aromatic N) is 1. The molecule has 0 saturated carbocycles. The Hall–Kier alpha value is -2.77. The number of benzene rings is 2. The number of halogens is 2. The van der Waals surface area contributed by atoms with E-state index in [2.05, 4.69) is 15.6 Å². The molecule has 2 amide bonds. The standard InChI is InChI=1S/C19H13ClFN3O2S/c20-13-2-1-3-14(21)12(13)8-18(26)24-19-23-16(9-27-19)10-4-5-15-11(6-10)7-17(25)22-15/h1-6,9H,7-8H2,(H,22,25)(H,23,24,26). The van der Waals surface area contributed by atoms with E-state index in [9.17, 15) is 14.0 Å². The van der Waals surface area contributed by atoms with Gasteiger partial charge in [-0.25, -0.2) is 9.37 Å². The number of hydrogen-bond acceptors (Lipinski definition) is 4. The Morgan fingerprint density at radius 3 is 3.00 bits per heavy atom. The number of anilines is 2. The Morgan fingerprint density at radius 2 is 2.19 bits per heavy atom. The van der Waals surface area contributed by atoms with Crippen LogP contribution in [0.4, 0.5) is 15.2 Å². The van der Waals surface area contributed by atoms with Gasteiger partial charge in [0.15, 0.2) is 5.13 Å². The number of aromatic nitrogens is 1. The van der Waals surface area contributed by atoms with Crippen molar-refractivity contribution in [1.82, 2.24) is 4.98 Å². The molecule has 0 spiro atoms. The lowest BCUT2D eigenvalue weighted by atomic mass is 10.1. The van der Waals surface area contributed by atoms with Crippen molar-refractivity contribution in [1.29, 1.82) is 0 Å². The fourth-order valence-electron chi connectivity index (χ4n) is 2.88. The highest BCUT2D eigenvalue weighted by molar-refractivity contribution is 7.14. The number of rotatable bonds is 4. The Morgan fingerprint density at radius 1 is 1.33 bits per heavy atom. The third kappa shape index (κ3) is 3.70. The first-order chi connectivity index (χ1) is 13.0. The van der Waals surface area contributed by atoms with Gasteiger partial charge in [0.25, 0.3) is 0 Å². The van der Waals surface area contributed by atoms with Gasteiger partial charge in [0.05, 0.1) is 18.5 Å². The molecule has 2 aromatic carbocycles. The summed E-state index contributed by atoms with van der Waals surface area (Å²) in [6.07, 6.45) is 0.174. The average molecular weight is 402 g/mol. The Labute approximate surface area is 163 Å². The van der Waals surface area contributed by atoms with Gasteiger partial charge in [0, 0.05) is 27.2 Å². The molecule has 8 heteroatoms. The van der Waals surface area contributed by atoms with Gasteiger partial charge in [0.1, 0.15) is 5.82 Å². The largest absolute Gasteiger partial charge is 0.326 e. The molecule has 0 bridgehead atoms. The number of carbonyl (C=O) groups is 2. The number of carbonyl (C=O) groups excluding carboxylic acids is 2. The summed E-state index contributed by atoms with van der Waals surface area (Å²) < 4.78 is 13.8. The highest BCUT2D eigenvalue weighted by atomic mass is 35.5. The zero-order chi connectivity index (χ0) is 19.0. The van der Waals surface area contributed by atoms with E-state index in [1.807, 2.05) is 23.6 Å². The monoisotopic (exact) mass is 401 g/mol. The molecule has 3 aromatic rings. The zero-order valence-electron chi connectivity index (χ0n) is 13.9. The molecule has 27 heavy (non-hydrogen) atoms. The van der Waals surface area contributed by atoms with Crippen molar-refractivity contribution in [3.63, 3.8) is 0 Å². The van der Waals surface area contributed by atoms with Crippen molar-refractivity contribution in [2.45, 2.75) is 12.8 Å². The maximum absolute atomic E-state index is 13.8. The predicted octanol–water partition coefficient (Wildman–Crippen LogP) is 4.28. The molecule has 1 aliphatic heterocycles. The predicted molar refractivity (Wildman–Crippen MR) is 104 cm³/mol. The summed E-state index contributed by atoms with van der Waals surface area (Å²) in [5.41, 5.74) is 3.45. The number of amides is 2. The Bertz CT molecular complexity index is 1050. The Balaban J connectivity index is 1.48. The van der Waals surface area contributed by atoms with Gasteiger partial charge in [-0.15, -0.1) is 11.3 Å². The number of hydrogen-bond donors (Lipinski definition) is 2. The lowest BCUT2D eigenvalue weighted by molar-refractivity contribution is -0.116. The highest BCUT2D eigenvalue weighted by Crippen LogP contribution is 2.31. The van der Waals surface area contributed by atoms with Crippen molar-refractivity contribution in [3.8, 4) is 11.3 Å². The molecular formula is C19H13ClFN3O2S. The minimum atomic E-state index is -0.515. The number of thiazole rings is 1. The maximum Gasteiger partial charge on any atom is 0.230 e. The fourth-order valence-corrected chi connectivity index (χ4v) is 3.84. The third-order valence-corrected chi connectivity index (χ3v) is 5.29. The molecule has 4 rings (SSSR count). The summed E-state index contributed by atoms with van der Waals surface area (Å²) in [7, 11) is 0. The van der Waals surface area contributed by atoms with Crippen LogP contribution in [-0.4, -0.2) is 16.8 Å². The van der Waals surface area contributed by atoms with Crippen LogP contribution < -0.4 is 10.6 Å². The summed E-state index contributed by atoms with van der Waals surface area (Å²) in [6, 6.07) is 9.92. The van der Waals surface area contributed by atoms with E-state index in [-0.39, 0.29) is 22.9 Å². The SMILES string of the molecule is O=C(Cc1c(F)cccc1Cl)Nc1nc(-c2ccc3c(c2)CC(=O)N3)cs1. The quantitative estimate of drug-likeness (QED) is 0.685. The van der Waals surface area contributed by atoms with Crippen LogP contribution in [0.3, 0.4) is 0 Å².